The van der Waals surface area contributed by atoms with Crippen LogP contribution in [0.5, 0.6) is 0 Å². The van der Waals surface area contributed by atoms with Crippen molar-refractivity contribution in [2.24, 2.45) is 22.5 Å². The van der Waals surface area contributed by atoms with Crippen LogP contribution in [0.2, 0.25) is 0 Å². The molecule has 1 aromatic heterocycles. The Hall–Kier alpha value is -2.90. The van der Waals surface area contributed by atoms with Gasteiger partial charge in [-0.15, -0.1) is 11.8 Å². The number of hydrogen-bond donors (Lipinski definition) is 3. The summed E-state index contributed by atoms with van der Waals surface area (Å²) in [6.45, 7) is -0.843. The lowest BCUT2D eigenvalue weighted by atomic mass is 9.82. The molecule has 2 aromatic rings. The average molecular weight is 460 g/mol. The van der Waals surface area contributed by atoms with Gasteiger partial charge in [0.2, 0.25) is 0 Å². The van der Waals surface area contributed by atoms with Crippen molar-refractivity contribution >= 4 is 24.1 Å². The molecule has 1 unspecified atom stereocenters. The molecular formula is C18H20F4N6O2S. The largest absolute Gasteiger partial charge is 0.468 e. The van der Waals surface area contributed by atoms with Crippen LogP contribution in [0.3, 0.4) is 0 Å². The summed E-state index contributed by atoms with van der Waals surface area (Å²) in [7, 11) is 1.22. The van der Waals surface area contributed by atoms with Gasteiger partial charge < -0.3 is 16.3 Å². The highest BCUT2D eigenvalue weighted by atomic mass is 32.2. The van der Waals surface area contributed by atoms with Gasteiger partial charge in [0.25, 0.3) is 0 Å². The van der Waals surface area contributed by atoms with Crippen molar-refractivity contribution < 1.29 is 27.1 Å². The molecule has 0 aliphatic rings. The SMILES string of the molecule is COC(=O)CSc1ccc(C(F)(F)C(N)(CN(N)/C=N\N)c2ccc(F)cc2F)nc1. The fourth-order valence-corrected chi connectivity index (χ4v) is 3.39. The number of carbonyl (C=O) groups excluding carboxylic acids is 1. The Morgan fingerprint density at radius 1 is 1.32 bits per heavy atom. The standard InChI is InChI=1S/C18H20F4N6O2S/c1-30-16(29)8-31-12-3-5-15(26-7-12)18(21,22)17(23,9-28(25)10-27-24)13-4-2-11(19)6-14(13)20/h2-7,10H,8-9,23-25H2,1H3/b27-10-. The number of alkyl halides is 2. The van der Waals surface area contributed by atoms with Crippen LogP contribution >= 0.6 is 11.8 Å². The molecule has 0 aliphatic carbocycles. The Kier molecular flexibility index (Phi) is 7.81. The number of hydrazone groups is 1. The number of carbonyl (C=O) groups is 1. The number of halogens is 4. The molecule has 31 heavy (non-hydrogen) atoms. The monoisotopic (exact) mass is 460 g/mol. The lowest BCUT2D eigenvalue weighted by molar-refractivity contribution is -0.137. The number of nitrogens with two attached hydrogens (primary N) is 3. The van der Waals surface area contributed by atoms with E-state index in [4.69, 9.17) is 17.4 Å². The molecule has 0 saturated carbocycles. The average Bonchev–Trinajstić information content (AvgIpc) is 2.72. The second-order valence-electron chi connectivity index (χ2n) is 6.35. The van der Waals surface area contributed by atoms with Gasteiger partial charge in [-0.2, -0.15) is 13.9 Å². The quantitative estimate of drug-likeness (QED) is 0.0979. The zero-order valence-corrected chi connectivity index (χ0v) is 17.1. The summed E-state index contributed by atoms with van der Waals surface area (Å²) >= 11 is 1.02. The summed E-state index contributed by atoms with van der Waals surface area (Å²) in [5.41, 5.74) is 1.76. The molecule has 6 N–H and O–H groups in total. The molecule has 0 saturated heterocycles. The first-order valence-corrected chi connectivity index (χ1v) is 9.56. The number of methoxy groups -OCH3 is 1. The third kappa shape index (κ3) is 5.42. The lowest BCUT2D eigenvalue weighted by Gasteiger charge is -2.39. The van der Waals surface area contributed by atoms with Crippen LogP contribution in [0.1, 0.15) is 11.3 Å². The number of thioether (sulfide) groups is 1. The maximum Gasteiger partial charge on any atom is 0.315 e. The molecule has 0 spiro atoms. The minimum absolute atomic E-state index is 0.0455. The number of hydrogen-bond acceptors (Lipinski definition) is 8. The van der Waals surface area contributed by atoms with Gasteiger partial charge in [-0.25, -0.2) is 14.6 Å². The topological polar surface area (TPSA) is 133 Å². The molecule has 0 fully saturated rings. The van der Waals surface area contributed by atoms with Crippen LogP contribution < -0.4 is 17.4 Å². The van der Waals surface area contributed by atoms with Gasteiger partial charge in [0.05, 0.1) is 19.4 Å². The number of pyridine rings is 1. The van der Waals surface area contributed by atoms with Crippen molar-refractivity contribution in [2.75, 3.05) is 19.4 Å². The van der Waals surface area contributed by atoms with E-state index in [1.165, 1.54) is 13.2 Å². The van der Waals surface area contributed by atoms with Crippen molar-refractivity contribution in [3.63, 3.8) is 0 Å². The highest BCUT2D eigenvalue weighted by Gasteiger charge is 2.56. The summed E-state index contributed by atoms with van der Waals surface area (Å²) in [6.07, 6.45) is 1.93. The zero-order valence-electron chi connectivity index (χ0n) is 16.3. The second kappa shape index (κ2) is 9.94. The molecule has 0 amide bonds. The molecule has 0 radical (unpaired) electrons. The van der Waals surface area contributed by atoms with E-state index in [0.717, 1.165) is 42.5 Å². The highest BCUT2D eigenvalue weighted by Crippen LogP contribution is 2.44. The molecule has 1 heterocycles. The number of ether oxygens (including phenoxy) is 1. The van der Waals surface area contributed by atoms with Gasteiger partial charge >= 0.3 is 11.9 Å². The van der Waals surface area contributed by atoms with Gasteiger partial charge in [0.15, 0.2) is 0 Å². The van der Waals surface area contributed by atoms with E-state index < -0.39 is 46.9 Å². The van der Waals surface area contributed by atoms with Crippen LogP contribution in [0.4, 0.5) is 17.6 Å². The first-order valence-electron chi connectivity index (χ1n) is 8.58. The third-order valence-corrected chi connectivity index (χ3v) is 5.22. The zero-order chi connectivity index (χ0) is 23.2. The maximum absolute atomic E-state index is 15.6. The molecule has 1 atom stereocenters. The van der Waals surface area contributed by atoms with Crippen LogP contribution in [-0.2, 0) is 21.0 Å². The van der Waals surface area contributed by atoms with Gasteiger partial charge in [-0.1, -0.05) is 6.07 Å². The Bertz CT molecular complexity index is 947. The number of nitrogens with zero attached hydrogens (tertiary/aromatic N) is 3. The van der Waals surface area contributed by atoms with E-state index in [1.807, 2.05) is 0 Å². The van der Waals surface area contributed by atoms with Crippen LogP contribution in [-0.4, -0.2) is 41.7 Å². The maximum atomic E-state index is 15.6. The molecule has 0 bridgehead atoms. The predicted molar refractivity (Wildman–Crippen MR) is 107 cm³/mol. The number of aromatic nitrogens is 1. The van der Waals surface area contributed by atoms with Crippen molar-refractivity contribution in [2.45, 2.75) is 16.4 Å². The minimum atomic E-state index is -3.97. The second-order valence-corrected chi connectivity index (χ2v) is 7.40. The molecule has 1 aromatic carbocycles. The summed E-state index contributed by atoms with van der Waals surface area (Å²) in [4.78, 5) is 15.4. The van der Waals surface area contributed by atoms with Crippen molar-refractivity contribution in [1.29, 1.82) is 0 Å². The Balaban J connectivity index is 2.47. The first-order chi connectivity index (χ1) is 14.5. The lowest BCUT2D eigenvalue weighted by Crippen LogP contribution is -2.59. The number of rotatable bonds is 9. The summed E-state index contributed by atoms with van der Waals surface area (Å²) in [6, 6.07) is 4.33. The van der Waals surface area contributed by atoms with E-state index >= 15 is 8.78 Å². The van der Waals surface area contributed by atoms with Gasteiger partial charge in [0.1, 0.15) is 29.2 Å². The highest BCUT2D eigenvalue weighted by molar-refractivity contribution is 8.00. The Labute approximate surface area is 179 Å². The molecule has 0 aliphatic heterocycles. The van der Waals surface area contributed by atoms with E-state index in [9.17, 15) is 13.6 Å². The third-order valence-electron chi connectivity index (χ3n) is 4.26. The van der Waals surface area contributed by atoms with Gasteiger partial charge in [-0.3, -0.25) is 14.8 Å². The fourth-order valence-electron chi connectivity index (χ4n) is 2.70. The first kappa shape index (κ1) is 24.4. The summed E-state index contributed by atoms with van der Waals surface area (Å²) < 4.78 is 63.5. The van der Waals surface area contributed by atoms with Crippen molar-refractivity contribution in [3.05, 3.63) is 59.4 Å². The number of benzene rings is 1. The molecule has 2 rings (SSSR count). The minimum Gasteiger partial charge on any atom is -0.468 e. The van der Waals surface area contributed by atoms with E-state index in [0.29, 0.717) is 16.0 Å². The Morgan fingerprint density at radius 2 is 2.03 bits per heavy atom. The summed E-state index contributed by atoms with van der Waals surface area (Å²) in [5, 5.41) is 3.77. The smallest absolute Gasteiger partial charge is 0.315 e. The van der Waals surface area contributed by atoms with E-state index in [-0.39, 0.29) is 5.75 Å². The van der Waals surface area contributed by atoms with Crippen LogP contribution in [0, 0.1) is 11.6 Å². The molecular weight excluding hydrogens is 440 g/mol. The van der Waals surface area contributed by atoms with E-state index in [1.54, 1.807) is 0 Å². The van der Waals surface area contributed by atoms with Crippen LogP contribution in [0.15, 0.2) is 46.5 Å². The predicted octanol–water partition coefficient (Wildman–Crippen LogP) is 1.65. The van der Waals surface area contributed by atoms with Crippen LogP contribution in [0.25, 0.3) is 0 Å². The Morgan fingerprint density at radius 3 is 2.58 bits per heavy atom. The number of hydrazine groups is 1. The molecule has 8 nitrogen and oxygen atoms in total. The van der Waals surface area contributed by atoms with Crippen molar-refractivity contribution in [3.8, 4) is 0 Å². The molecule has 168 valence electrons. The van der Waals surface area contributed by atoms with Gasteiger partial charge in [-0.05, 0) is 18.2 Å². The molecule has 13 heteroatoms. The normalized spacial score (nSPS) is 13.8. The fraction of sp³-hybridized carbons (Fsp3) is 0.278. The van der Waals surface area contributed by atoms with Crippen molar-refractivity contribution in [1.82, 2.24) is 9.99 Å². The van der Waals surface area contributed by atoms with Gasteiger partial charge in [0, 0.05) is 22.7 Å². The number of esters is 1. The summed E-state index contributed by atoms with van der Waals surface area (Å²) in [5.74, 6) is 3.80. The van der Waals surface area contributed by atoms with E-state index in [2.05, 4.69) is 14.8 Å².